The molecule has 2 aliphatic heterocycles. The van der Waals surface area contributed by atoms with E-state index in [9.17, 15) is 0 Å². The quantitative estimate of drug-likeness (QED) is 0.248. The molecule has 0 bridgehead atoms. The van der Waals surface area contributed by atoms with Crippen LogP contribution in [0, 0.1) is 0 Å². The summed E-state index contributed by atoms with van der Waals surface area (Å²) in [4.78, 5) is 9.86. The van der Waals surface area contributed by atoms with Crippen molar-refractivity contribution in [2.75, 3.05) is 66.2 Å². The van der Waals surface area contributed by atoms with Crippen LogP contribution in [0.3, 0.4) is 0 Å². The van der Waals surface area contributed by atoms with E-state index in [4.69, 9.17) is 19.2 Å². The van der Waals surface area contributed by atoms with E-state index in [1.54, 1.807) is 7.11 Å². The van der Waals surface area contributed by atoms with E-state index in [2.05, 4.69) is 22.0 Å². The molecule has 0 spiro atoms. The van der Waals surface area contributed by atoms with Gasteiger partial charge in [-0.3, -0.25) is 9.89 Å². The van der Waals surface area contributed by atoms with Crippen LogP contribution in [0.1, 0.15) is 51.9 Å². The van der Waals surface area contributed by atoms with Gasteiger partial charge in [-0.1, -0.05) is 0 Å². The normalized spacial score (nSPS) is 23.5. The van der Waals surface area contributed by atoms with Gasteiger partial charge in [0.05, 0.1) is 32.0 Å². The second-order valence-electron chi connectivity index (χ2n) is 8.50. The zero-order valence-electron chi connectivity index (χ0n) is 19.0. The summed E-state index contributed by atoms with van der Waals surface area (Å²) in [5, 5.41) is 3.48. The van der Waals surface area contributed by atoms with Crippen molar-refractivity contribution >= 4 is 29.9 Å². The Morgan fingerprint density at radius 3 is 2.57 bits per heavy atom. The van der Waals surface area contributed by atoms with Gasteiger partial charge in [0, 0.05) is 52.5 Å². The highest BCUT2D eigenvalue weighted by molar-refractivity contribution is 14.0. The predicted octanol–water partition coefficient (Wildman–Crippen LogP) is 2.73. The highest BCUT2D eigenvalue weighted by atomic mass is 127. The van der Waals surface area contributed by atoms with Crippen LogP contribution in [0.15, 0.2) is 4.99 Å². The zero-order valence-corrected chi connectivity index (χ0v) is 21.4. The summed E-state index contributed by atoms with van der Waals surface area (Å²) in [6.45, 7) is 10.4. The number of hydrogen-bond acceptors (Lipinski definition) is 5. The lowest BCUT2D eigenvalue weighted by Gasteiger charge is -2.35. The average molecular weight is 539 g/mol. The van der Waals surface area contributed by atoms with E-state index in [0.29, 0.717) is 12.2 Å². The first-order valence-corrected chi connectivity index (χ1v) is 11.8. The third-order valence-electron chi connectivity index (χ3n) is 6.16. The number of methoxy groups -OCH3 is 1. The number of hydrogen-bond donors (Lipinski definition) is 1. The first-order chi connectivity index (χ1) is 14.3. The van der Waals surface area contributed by atoms with Crippen LogP contribution in [-0.4, -0.2) is 100 Å². The maximum atomic E-state index is 6.16. The Hall–Kier alpha value is -0.160. The van der Waals surface area contributed by atoms with Crippen LogP contribution in [0.5, 0.6) is 0 Å². The largest absolute Gasteiger partial charge is 0.383 e. The fourth-order valence-electron chi connectivity index (χ4n) is 4.25. The molecule has 0 amide bonds. The maximum Gasteiger partial charge on any atom is 0.193 e. The molecule has 3 rings (SSSR count). The minimum Gasteiger partial charge on any atom is -0.383 e. The lowest BCUT2D eigenvalue weighted by Crippen LogP contribution is -2.47. The predicted molar refractivity (Wildman–Crippen MR) is 132 cm³/mol. The summed E-state index contributed by atoms with van der Waals surface area (Å²) < 4.78 is 17.2. The molecule has 1 atom stereocenters. The highest BCUT2D eigenvalue weighted by Crippen LogP contribution is 2.26. The number of nitrogens with zero attached hydrogens (tertiary/aromatic N) is 3. The van der Waals surface area contributed by atoms with Crippen molar-refractivity contribution in [1.29, 1.82) is 0 Å². The van der Waals surface area contributed by atoms with Gasteiger partial charge >= 0.3 is 0 Å². The molecule has 1 saturated carbocycles. The molecule has 0 radical (unpaired) electrons. The van der Waals surface area contributed by atoms with Crippen molar-refractivity contribution in [3.63, 3.8) is 0 Å². The van der Waals surface area contributed by atoms with Gasteiger partial charge in [0.15, 0.2) is 5.96 Å². The smallest absolute Gasteiger partial charge is 0.193 e. The van der Waals surface area contributed by atoms with E-state index in [0.717, 1.165) is 90.4 Å². The molecular formula is C22H43IN4O3. The van der Waals surface area contributed by atoms with Crippen LogP contribution in [0.2, 0.25) is 0 Å². The first-order valence-electron chi connectivity index (χ1n) is 11.8. The third kappa shape index (κ3) is 9.14. The standard InChI is InChI=1S/C22H42N4O3.HI/c1-3-23-22(24-11-14-25(15-17-27-2)19-7-8-19)26-12-9-20(10-13-26)29-18-21-6-4-5-16-28-21;/h19-21H,3-18H2,1-2H3,(H,23,24);1H. The summed E-state index contributed by atoms with van der Waals surface area (Å²) in [6, 6.07) is 0.754. The summed E-state index contributed by atoms with van der Waals surface area (Å²) >= 11 is 0. The Morgan fingerprint density at radius 1 is 1.13 bits per heavy atom. The Balaban J connectivity index is 0.00000320. The molecule has 0 aromatic rings. The van der Waals surface area contributed by atoms with Crippen LogP contribution >= 0.6 is 24.0 Å². The number of halogens is 1. The van der Waals surface area contributed by atoms with Crippen LogP contribution in [0.25, 0.3) is 0 Å². The molecule has 3 aliphatic rings. The summed E-state index contributed by atoms with van der Waals surface area (Å²) in [5.41, 5.74) is 0. The molecule has 0 aromatic carbocycles. The Labute approximate surface area is 200 Å². The molecular weight excluding hydrogens is 495 g/mol. The third-order valence-corrected chi connectivity index (χ3v) is 6.16. The minimum absolute atomic E-state index is 0. The molecule has 2 saturated heterocycles. The molecule has 30 heavy (non-hydrogen) atoms. The number of piperidine rings is 1. The van der Waals surface area contributed by atoms with E-state index < -0.39 is 0 Å². The van der Waals surface area contributed by atoms with Gasteiger partial charge in [-0.15, -0.1) is 24.0 Å². The number of likely N-dealkylation sites (tertiary alicyclic amines) is 1. The highest BCUT2D eigenvalue weighted by Gasteiger charge is 2.28. The number of aliphatic imine (C=N–C) groups is 1. The molecule has 1 unspecified atom stereocenters. The second kappa shape index (κ2) is 14.8. The molecule has 1 aliphatic carbocycles. The van der Waals surface area contributed by atoms with Crippen LogP contribution < -0.4 is 5.32 Å². The van der Waals surface area contributed by atoms with Crippen molar-refractivity contribution < 1.29 is 14.2 Å². The number of guanidine groups is 1. The summed E-state index contributed by atoms with van der Waals surface area (Å²) in [5.74, 6) is 1.06. The van der Waals surface area contributed by atoms with Gasteiger partial charge in [-0.2, -0.15) is 0 Å². The molecule has 3 fully saturated rings. The van der Waals surface area contributed by atoms with Crippen molar-refractivity contribution in [2.45, 2.75) is 70.1 Å². The van der Waals surface area contributed by atoms with Crippen molar-refractivity contribution in [2.24, 2.45) is 4.99 Å². The Morgan fingerprint density at radius 2 is 1.93 bits per heavy atom. The minimum atomic E-state index is 0. The lowest BCUT2D eigenvalue weighted by atomic mass is 10.1. The van der Waals surface area contributed by atoms with E-state index in [-0.39, 0.29) is 24.0 Å². The number of nitrogens with one attached hydrogen (secondary N) is 1. The first kappa shape index (κ1) is 26.1. The summed E-state index contributed by atoms with van der Waals surface area (Å²) in [7, 11) is 1.78. The van der Waals surface area contributed by atoms with Crippen LogP contribution in [0.4, 0.5) is 0 Å². The van der Waals surface area contributed by atoms with Gasteiger partial charge in [0.25, 0.3) is 0 Å². The molecule has 8 heteroatoms. The van der Waals surface area contributed by atoms with Crippen molar-refractivity contribution in [3.8, 4) is 0 Å². The van der Waals surface area contributed by atoms with Gasteiger partial charge in [0.1, 0.15) is 0 Å². The SMILES string of the molecule is CCNC(=NCCN(CCOC)C1CC1)N1CCC(OCC2CCCCO2)CC1.I. The Bertz CT molecular complexity index is 479. The molecule has 2 heterocycles. The van der Waals surface area contributed by atoms with E-state index >= 15 is 0 Å². The number of ether oxygens (including phenoxy) is 3. The molecule has 1 N–H and O–H groups in total. The maximum absolute atomic E-state index is 6.16. The number of rotatable bonds is 11. The lowest BCUT2D eigenvalue weighted by molar-refractivity contribution is -0.0721. The van der Waals surface area contributed by atoms with Crippen LogP contribution in [-0.2, 0) is 14.2 Å². The van der Waals surface area contributed by atoms with E-state index in [1.165, 1.54) is 25.7 Å². The average Bonchev–Trinajstić information content (AvgIpc) is 3.60. The Kier molecular flexibility index (Phi) is 12.9. The second-order valence-corrected chi connectivity index (χ2v) is 8.50. The molecule has 0 aromatic heterocycles. The topological polar surface area (TPSA) is 58.6 Å². The molecule has 7 nitrogen and oxygen atoms in total. The fourth-order valence-corrected chi connectivity index (χ4v) is 4.25. The summed E-state index contributed by atoms with van der Waals surface area (Å²) in [6.07, 6.45) is 9.09. The van der Waals surface area contributed by atoms with Gasteiger partial charge < -0.3 is 24.4 Å². The fraction of sp³-hybridized carbons (Fsp3) is 0.955. The van der Waals surface area contributed by atoms with Gasteiger partial charge in [-0.05, 0) is 51.9 Å². The van der Waals surface area contributed by atoms with Crippen molar-refractivity contribution in [3.05, 3.63) is 0 Å². The molecule has 176 valence electrons. The van der Waals surface area contributed by atoms with E-state index in [1.807, 2.05) is 0 Å². The van der Waals surface area contributed by atoms with Gasteiger partial charge in [-0.25, -0.2) is 0 Å². The zero-order chi connectivity index (χ0) is 20.3. The monoisotopic (exact) mass is 538 g/mol. The van der Waals surface area contributed by atoms with Gasteiger partial charge in [0.2, 0.25) is 0 Å². The van der Waals surface area contributed by atoms with Crippen molar-refractivity contribution in [1.82, 2.24) is 15.1 Å².